The van der Waals surface area contributed by atoms with Crippen LogP contribution in [-0.4, -0.2) is 45.8 Å². The maximum absolute atomic E-state index is 13.0. The van der Waals surface area contributed by atoms with Crippen molar-refractivity contribution in [2.45, 2.75) is 18.9 Å². The highest BCUT2D eigenvalue weighted by Crippen LogP contribution is 2.39. The molecule has 1 amide bonds. The van der Waals surface area contributed by atoms with Crippen molar-refractivity contribution >= 4 is 12.0 Å². The van der Waals surface area contributed by atoms with Gasteiger partial charge in [0.25, 0.3) is 0 Å². The van der Waals surface area contributed by atoms with Crippen LogP contribution in [0.2, 0.25) is 0 Å². The van der Waals surface area contributed by atoms with Crippen molar-refractivity contribution in [3.63, 3.8) is 0 Å². The van der Waals surface area contributed by atoms with Gasteiger partial charge in [0, 0.05) is 29.8 Å². The van der Waals surface area contributed by atoms with Crippen molar-refractivity contribution in [2.75, 3.05) is 35.0 Å². The maximum atomic E-state index is 13.0. The van der Waals surface area contributed by atoms with Gasteiger partial charge >= 0.3 is 0 Å². The van der Waals surface area contributed by atoms with Crippen LogP contribution in [-0.2, 0) is 4.79 Å². The molecule has 2 aromatic carbocycles. The molecular formula is C23H27NO5. The summed E-state index contributed by atoms with van der Waals surface area (Å²) in [7, 11) is 6.47. The monoisotopic (exact) mass is 397 g/mol. The van der Waals surface area contributed by atoms with Crippen LogP contribution >= 0.6 is 0 Å². The summed E-state index contributed by atoms with van der Waals surface area (Å²) in [5.41, 5.74) is 1.78. The molecule has 0 aromatic heterocycles. The molecule has 1 aliphatic heterocycles. The minimum atomic E-state index is -0.0461. The highest BCUT2D eigenvalue weighted by Gasteiger charge is 2.31. The third-order valence-corrected chi connectivity index (χ3v) is 5.18. The Kier molecular flexibility index (Phi) is 6.65. The molecule has 1 aliphatic rings. The number of benzene rings is 2. The second-order valence-electron chi connectivity index (χ2n) is 6.74. The number of amides is 1. The van der Waals surface area contributed by atoms with Gasteiger partial charge in [-0.3, -0.25) is 4.79 Å². The third kappa shape index (κ3) is 4.47. The van der Waals surface area contributed by atoms with Crippen LogP contribution in [0.5, 0.6) is 23.0 Å². The molecule has 6 heteroatoms. The number of carbonyl (C=O) groups is 1. The Bertz CT molecular complexity index is 893. The fourth-order valence-electron chi connectivity index (χ4n) is 3.67. The molecule has 0 radical (unpaired) electrons. The predicted molar refractivity (Wildman–Crippen MR) is 112 cm³/mol. The maximum Gasteiger partial charge on any atom is 0.247 e. The second-order valence-corrected chi connectivity index (χ2v) is 6.74. The van der Waals surface area contributed by atoms with Crippen LogP contribution < -0.4 is 18.9 Å². The molecule has 29 heavy (non-hydrogen) atoms. The highest BCUT2D eigenvalue weighted by molar-refractivity contribution is 5.92. The zero-order chi connectivity index (χ0) is 20.8. The lowest BCUT2D eigenvalue weighted by molar-refractivity contribution is -0.126. The van der Waals surface area contributed by atoms with Crippen LogP contribution in [0, 0.1) is 0 Å². The zero-order valence-corrected chi connectivity index (χ0v) is 17.3. The van der Waals surface area contributed by atoms with Gasteiger partial charge in [0.05, 0.1) is 34.5 Å². The lowest BCUT2D eigenvalue weighted by Gasteiger charge is -2.25. The largest absolute Gasteiger partial charge is 0.497 e. The van der Waals surface area contributed by atoms with Gasteiger partial charge in [0.2, 0.25) is 5.91 Å². The Balaban J connectivity index is 1.83. The summed E-state index contributed by atoms with van der Waals surface area (Å²) in [5.74, 6) is 2.80. The van der Waals surface area contributed by atoms with E-state index in [4.69, 9.17) is 18.9 Å². The number of hydrogen-bond acceptors (Lipinski definition) is 5. The molecule has 3 rings (SSSR count). The van der Waals surface area contributed by atoms with Gasteiger partial charge in [0.15, 0.2) is 0 Å². The minimum Gasteiger partial charge on any atom is -0.497 e. The average Bonchev–Trinajstić information content (AvgIpc) is 3.26. The van der Waals surface area contributed by atoms with Crippen molar-refractivity contribution in [1.29, 1.82) is 0 Å². The number of rotatable bonds is 7. The summed E-state index contributed by atoms with van der Waals surface area (Å²) < 4.78 is 21.5. The van der Waals surface area contributed by atoms with Crippen LogP contribution in [0.4, 0.5) is 0 Å². The fourth-order valence-corrected chi connectivity index (χ4v) is 3.67. The van der Waals surface area contributed by atoms with Crippen molar-refractivity contribution in [3.05, 3.63) is 53.6 Å². The van der Waals surface area contributed by atoms with Crippen molar-refractivity contribution in [3.8, 4) is 23.0 Å². The molecule has 0 N–H and O–H groups in total. The summed E-state index contributed by atoms with van der Waals surface area (Å²) in [6.07, 6.45) is 5.20. The Hall–Kier alpha value is -3.15. The van der Waals surface area contributed by atoms with Gasteiger partial charge in [-0.05, 0) is 49.2 Å². The lowest BCUT2D eigenvalue weighted by atomic mass is 10.0. The zero-order valence-electron chi connectivity index (χ0n) is 17.3. The SMILES string of the molecule is COc1ccc(OC)c(/C=C/C(=O)N2CCCC2c2ccc(OC)cc2OC)c1. The Morgan fingerprint density at radius 3 is 2.31 bits per heavy atom. The molecule has 154 valence electrons. The molecule has 2 aromatic rings. The van der Waals surface area contributed by atoms with E-state index in [1.165, 1.54) is 0 Å². The second kappa shape index (κ2) is 9.37. The normalized spacial score (nSPS) is 16.1. The highest BCUT2D eigenvalue weighted by atomic mass is 16.5. The number of likely N-dealkylation sites (tertiary alicyclic amines) is 1. The van der Waals surface area contributed by atoms with E-state index in [2.05, 4.69) is 0 Å². The Labute approximate surface area is 171 Å². The molecule has 0 saturated carbocycles. The molecule has 1 saturated heterocycles. The minimum absolute atomic E-state index is 0.0276. The number of ether oxygens (including phenoxy) is 4. The summed E-state index contributed by atoms with van der Waals surface area (Å²) in [6, 6.07) is 11.2. The smallest absolute Gasteiger partial charge is 0.247 e. The summed E-state index contributed by atoms with van der Waals surface area (Å²) in [5, 5.41) is 0. The summed E-state index contributed by atoms with van der Waals surface area (Å²) in [4.78, 5) is 14.9. The van der Waals surface area contributed by atoms with E-state index in [1.807, 2.05) is 41.3 Å². The van der Waals surface area contributed by atoms with E-state index in [0.717, 1.165) is 35.5 Å². The van der Waals surface area contributed by atoms with Gasteiger partial charge in [-0.15, -0.1) is 0 Å². The molecule has 0 aliphatic carbocycles. The number of nitrogens with zero attached hydrogens (tertiary/aromatic N) is 1. The van der Waals surface area contributed by atoms with E-state index in [1.54, 1.807) is 40.6 Å². The number of methoxy groups -OCH3 is 4. The van der Waals surface area contributed by atoms with Crippen LogP contribution in [0.15, 0.2) is 42.5 Å². The Morgan fingerprint density at radius 2 is 1.62 bits per heavy atom. The first kappa shape index (κ1) is 20.6. The molecule has 0 bridgehead atoms. The van der Waals surface area contributed by atoms with Crippen molar-refractivity contribution in [1.82, 2.24) is 4.90 Å². The van der Waals surface area contributed by atoms with Crippen molar-refractivity contribution in [2.24, 2.45) is 0 Å². The molecule has 1 unspecified atom stereocenters. The van der Waals surface area contributed by atoms with Crippen LogP contribution in [0.1, 0.15) is 30.0 Å². The summed E-state index contributed by atoms with van der Waals surface area (Å²) >= 11 is 0. The topological polar surface area (TPSA) is 57.2 Å². The summed E-state index contributed by atoms with van der Waals surface area (Å²) in [6.45, 7) is 0.707. The van der Waals surface area contributed by atoms with Gasteiger partial charge in [0.1, 0.15) is 23.0 Å². The van der Waals surface area contributed by atoms with Gasteiger partial charge < -0.3 is 23.8 Å². The first-order valence-electron chi connectivity index (χ1n) is 9.54. The van der Waals surface area contributed by atoms with Crippen molar-refractivity contribution < 1.29 is 23.7 Å². The van der Waals surface area contributed by atoms with Gasteiger partial charge in [-0.1, -0.05) is 0 Å². The molecule has 1 fully saturated rings. The molecule has 6 nitrogen and oxygen atoms in total. The number of carbonyl (C=O) groups excluding carboxylic acids is 1. The molecular weight excluding hydrogens is 370 g/mol. The van der Waals surface area contributed by atoms with Crippen LogP contribution in [0.3, 0.4) is 0 Å². The average molecular weight is 397 g/mol. The van der Waals surface area contributed by atoms with E-state index in [-0.39, 0.29) is 11.9 Å². The van der Waals surface area contributed by atoms with E-state index >= 15 is 0 Å². The molecule has 1 atom stereocenters. The molecule has 1 heterocycles. The van der Waals surface area contributed by atoms with Crippen LogP contribution in [0.25, 0.3) is 6.08 Å². The third-order valence-electron chi connectivity index (χ3n) is 5.18. The van der Waals surface area contributed by atoms with Gasteiger partial charge in [-0.25, -0.2) is 0 Å². The first-order chi connectivity index (χ1) is 14.1. The quantitative estimate of drug-likeness (QED) is 0.659. The van der Waals surface area contributed by atoms with E-state index in [9.17, 15) is 4.79 Å². The van der Waals surface area contributed by atoms with E-state index in [0.29, 0.717) is 18.0 Å². The Morgan fingerprint density at radius 1 is 0.931 bits per heavy atom. The number of hydrogen-bond donors (Lipinski definition) is 0. The van der Waals surface area contributed by atoms with E-state index < -0.39 is 0 Å². The molecule has 0 spiro atoms. The lowest BCUT2D eigenvalue weighted by Crippen LogP contribution is -2.29. The first-order valence-corrected chi connectivity index (χ1v) is 9.54. The van der Waals surface area contributed by atoms with Gasteiger partial charge in [-0.2, -0.15) is 0 Å². The fraction of sp³-hybridized carbons (Fsp3) is 0.348. The standard InChI is InChI=1S/C23H27NO5/c1-26-17-9-11-21(28-3)16(14-17)7-12-23(25)24-13-5-6-20(24)19-10-8-18(27-2)15-22(19)29-4/h7-12,14-15,20H,5-6,13H2,1-4H3/b12-7+. The predicted octanol–water partition coefficient (Wildman–Crippen LogP) is 4.10.